The molecule has 1 aliphatic carbocycles. The number of benzene rings is 3. The molecule has 1 aliphatic heterocycles. The van der Waals surface area contributed by atoms with Crippen LogP contribution in [0.1, 0.15) is 29.5 Å². The fraction of sp³-hybridized carbons (Fsp3) is 0.167. The first-order valence-electron chi connectivity index (χ1n) is 9.69. The van der Waals surface area contributed by atoms with Gasteiger partial charge in [-0.25, -0.2) is 0 Å². The number of para-hydroxylation sites is 1. The van der Waals surface area contributed by atoms with Crippen LogP contribution in [0.2, 0.25) is 5.02 Å². The average molecular weight is 403 g/mol. The molecule has 1 N–H and O–H groups in total. The van der Waals surface area contributed by atoms with Crippen molar-refractivity contribution >= 4 is 23.0 Å². The number of hydrogen-bond donors (Lipinski definition) is 1. The highest BCUT2D eigenvalue weighted by atomic mass is 35.5. The molecule has 2 aliphatic rings. The molecule has 5 heteroatoms. The molecule has 0 bridgehead atoms. The molecule has 0 spiro atoms. The summed E-state index contributed by atoms with van der Waals surface area (Å²) in [6, 6.07) is 21.3. The van der Waals surface area contributed by atoms with E-state index in [1.807, 2.05) is 18.2 Å². The maximum atomic E-state index is 11.3. The molecule has 3 aromatic rings. The summed E-state index contributed by atoms with van der Waals surface area (Å²) < 4.78 is 0. The van der Waals surface area contributed by atoms with Crippen LogP contribution in [0.4, 0.5) is 11.4 Å². The molecule has 0 unspecified atom stereocenters. The van der Waals surface area contributed by atoms with Crippen LogP contribution in [0, 0.1) is 16.0 Å². The van der Waals surface area contributed by atoms with E-state index in [-0.39, 0.29) is 28.5 Å². The number of fused-ring (bicyclic) bond motifs is 3. The Bertz CT molecular complexity index is 1130. The number of hydrogen-bond acceptors (Lipinski definition) is 3. The second-order valence-electron chi connectivity index (χ2n) is 7.57. The number of halogens is 1. The van der Waals surface area contributed by atoms with Gasteiger partial charge in [0.1, 0.15) is 0 Å². The lowest BCUT2D eigenvalue weighted by atomic mass is 9.76. The Morgan fingerprint density at radius 2 is 1.83 bits per heavy atom. The fourth-order valence-corrected chi connectivity index (χ4v) is 4.91. The van der Waals surface area contributed by atoms with Crippen LogP contribution in [-0.4, -0.2) is 4.92 Å². The lowest BCUT2D eigenvalue weighted by Gasteiger charge is -2.38. The zero-order valence-corrected chi connectivity index (χ0v) is 16.3. The molecule has 0 saturated heterocycles. The van der Waals surface area contributed by atoms with E-state index in [2.05, 4.69) is 47.8 Å². The topological polar surface area (TPSA) is 55.2 Å². The quantitative estimate of drug-likeness (QED) is 0.300. The van der Waals surface area contributed by atoms with Crippen molar-refractivity contribution in [1.29, 1.82) is 0 Å². The Kier molecular flexibility index (Phi) is 4.36. The van der Waals surface area contributed by atoms with Gasteiger partial charge in [-0.3, -0.25) is 10.1 Å². The van der Waals surface area contributed by atoms with Crippen LogP contribution in [0.15, 0.2) is 78.9 Å². The standard InChI is InChI=1S/C24H19ClN2O2/c25-22-13-12-16(27(28)29)14-21(22)24-20-11-5-9-18(20)19-10-4-8-17(23(19)26-24)15-6-2-1-3-7-15/h1-10,12-14,18,20,24,26H,11H2/t18-,20-,24+/m0/s1. The van der Waals surface area contributed by atoms with Gasteiger partial charge >= 0.3 is 0 Å². The SMILES string of the molecule is O=[N+]([O-])c1ccc(Cl)c([C@@H]2Nc3c(-c4ccccc4)cccc3[C@@H]3C=CC[C@@H]32)c1. The molecule has 144 valence electrons. The van der Waals surface area contributed by atoms with E-state index < -0.39 is 0 Å². The highest BCUT2D eigenvalue weighted by molar-refractivity contribution is 6.31. The Hall–Kier alpha value is -3.11. The maximum absolute atomic E-state index is 11.3. The zero-order valence-electron chi connectivity index (χ0n) is 15.6. The van der Waals surface area contributed by atoms with Gasteiger partial charge < -0.3 is 5.32 Å². The lowest BCUT2D eigenvalue weighted by molar-refractivity contribution is -0.384. The lowest BCUT2D eigenvalue weighted by Crippen LogP contribution is -2.29. The van der Waals surface area contributed by atoms with Crippen molar-refractivity contribution in [2.75, 3.05) is 5.32 Å². The summed E-state index contributed by atoms with van der Waals surface area (Å²) in [4.78, 5) is 11.0. The van der Waals surface area contributed by atoms with Gasteiger partial charge in [0.25, 0.3) is 5.69 Å². The minimum absolute atomic E-state index is 0.0656. The molecule has 5 rings (SSSR count). The van der Waals surface area contributed by atoms with E-state index in [4.69, 9.17) is 11.6 Å². The predicted molar refractivity (Wildman–Crippen MR) is 116 cm³/mol. The molecule has 4 nitrogen and oxygen atoms in total. The van der Waals surface area contributed by atoms with Gasteiger partial charge in [0.05, 0.1) is 11.0 Å². The van der Waals surface area contributed by atoms with Gasteiger partial charge in [0, 0.05) is 39.9 Å². The van der Waals surface area contributed by atoms with Crippen molar-refractivity contribution in [2.45, 2.75) is 18.4 Å². The van der Waals surface area contributed by atoms with Crippen molar-refractivity contribution in [3.63, 3.8) is 0 Å². The first-order valence-corrected chi connectivity index (χ1v) is 10.1. The second-order valence-corrected chi connectivity index (χ2v) is 7.98. The van der Waals surface area contributed by atoms with Crippen LogP contribution < -0.4 is 5.32 Å². The summed E-state index contributed by atoms with van der Waals surface area (Å²) in [5, 5.41) is 15.6. The first-order chi connectivity index (χ1) is 14.1. The van der Waals surface area contributed by atoms with E-state index in [0.29, 0.717) is 5.02 Å². The van der Waals surface area contributed by atoms with Gasteiger partial charge in [-0.2, -0.15) is 0 Å². The van der Waals surface area contributed by atoms with Crippen molar-refractivity contribution in [1.82, 2.24) is 0 Å². The number of nitrogens with one attached hydrogen (secondary N) is 1. The first kappa shape index (κ1) is 18.0. The van der Waals surface area contributed by atoms with Gasteiger partial charge in [0.15, 0.2) is 0 Å². The molecule has 1 heterocycles. The largest absolute Gasteiger partial charge is 0.377 e. The highest BCUT2D eigenvalue weighted by Gasteiger charge is 2.39. The van der Waals surface area contributed by atoms with Crippen LogP contribution >= 0.6 is 11.6 Å². The minimum atomic E-state index is -0.365. The van der Waals surface area contributed by atoms with E-state index >= 15 is 0 Å². The summed E-state index contributed by atoms with van der Waals surface area (Å²) in [5.41, 5.74) is 5.47. The Morgan fingerprint density at radius 1 is 1.00 bits per heavy atom. The monoisotopic (exact) mass is 402 g/mol. The molecule has 0 saturated carbocycles. The van der Waals surface area contributed by atoms with Gasteiger partial charge in [0.2, 0.25) is 0 Å². The third-order valence-corrected chi connectivity index (χ3v) is 6.35. The van der Waals surface area contributed by atoms with Gasteiger partial charge in [-0.05, 0) is 29.5 Å². The van der Waals surface area contributed by atoms with Crippen molar-refractivity contribution in [3.8, 4) is 11.1 Å². The number of non-ortho nitro benzene ring substituents is 1. The van der Waals surface area contributed by atoms with Gasteiger partial charge in [-0.1, -0.05) is 72.3 Å². The normalized spacial score (nSPS) is 21.9. The number of nitro groups is 1. The number of nitro benzene ring substituents is 1. The molecule has 0 fully saturated rings. The third kappa shape index (κ3) is 3.00. The molecule has 3 aromatic carbocycles. The van der Waals surface area contributed by atoms with E-state index in [9.17, 15) is 10.1 Å². The van der Waals surface area contributed by atoms with E-state index in [1.165, 1.54) is 11.6 Å². The summed E-state index contributed by atoms with van der Waals surface area (Å²) in [5.74, 6) is 0.531. The van der Waals surface area contributed by atoms with Crippen molar-refractivity contribution < 1.29 is 4.92 Å². The van der Waals surface area contributed by atoms with Crippen LogP contribution in [0.5, 0.6) is 0 Å². The molecular weight excluding hydrogens is 384 g/mol. The number of anilines is 1. The predicted octanol–water partition coefficient (Wildman–Crippen LogP) is 6.74. The Labute approximate surface area is 174 Å². The fourth-order valence-electron chi connectivity index (χ4n) is 4.67. The molecule has 0 aromatic heterocycles. The number of nitrogens with zero attached hydrogens (tertiary/aromatic N) is 1. The maximum Gasteiger partial charge on any atom is 0.269 e. The van der Waals surface area contributed by atoms with Crippen LogP contribution in [0.25, 0.3) is 11.1 Å². The van der Waals surface area contributed by atoms with Gasteiger partial charge in [-0.15, -0.1) is 0 Å². The molecule has 3 atom stereocenters. The van der Waals surface area contributed by atoms with Crippen LogP contribution in [0.3, 0.4) is 0 Å². The smallest absolute Gasteiger partial charge is 0.269 e. The second kappa shape index (κ2) is 7.05. The zero-order chi connectivity index (χ0) is 20.0. The Balaban J connectivity index is 1.66. The summed E-state index contributed by atoms with van der Waals surface area (Å²) in [6.07, 6.45) is 5.38. The summed E-state index contributed by atoms with van der Waals surface area (Å²) >= 11 is 6.53. The minimum Gasteiger partial charge on any atom is -0.377 e. The number of rotatable bonds is 3. The summed E-state index contributed by atoms with van der Waals surface area (Å²) in [6.45, 7) is 0. The molecule has 0 radical (unpaired) electrons. The number of allylic oxidation sites excluding steroid dienone is 2. The summed E-state index contributed by atoms with van der Waals surface area (Å²) in [7, 11) is 0. The molecule has 0 amide bonds. The highest BCUT2D eigenvalue weighted by Crippen LogP contribution is 2.53. The van der Waals surface area contributed by atoms with E-state index in [0.717, 1.165) is 28.8 Å². The molecular formula is C24H19ClN2O2. The third-order valence-electron chi connectivity index (χ3n) is 6.01. The van der Waals surface area contributed by atoms with Crippen molar-refractivity contribution in [2.24, 2.45) is 5.92 Å². The average Bonchev–Trinajstić information content (AvgIpc) is 3.24. The van der Waals surface area contributed by atoms with Crippen LogP contribution in [-0.2, 0) is 0 Å². The molecule has 29 heavy (non-hydrogen) atoms. The van der Waals surface area contributed by atoms with Crippen molar-refractivity contribution in [3.05, 3.63) is 105 Å². The van der Waals surface area contributed by atoms with E-state index in [1.54, 1.807) is 12.1 Å². The Morgan fingerprint density at radius 3 is 2.62 bits per heavy atom.